The van der Waals surface area contributed by atoms with Crippen LogP contribution in [-0.4, -0.2) is 18.6 Å². The minimum absolute atomic E-state index is 0.287. The number of hydrogen-bond acceptors (Lipinski definition) is 2. The highest BCUT2D eigenvalue weighted by Crippen LogP contribution is 2.32. The zero-order valence-corrected chi connectivity index (χ0v) is 10.6. The molecule has 94 valence electrons. The Morgan fingerprint density at radius 3 is 2.19 bits per heavy atom. The van der Waals surface area contributed by atoms with Crippen molar-refractivity contribution >= 4 is 0 Å². The Labute approximate surface area is 100 Å². The van der Waals surface area contributed by atoms with Crippen molar-refractivity contribution in [2.75, 3.05) is 13.1 Å². The van der Waals surface area contributed by atoms with E-state index in [4.69, 9.17) is 5.73 Å². The highest BCUT2D eigenvalue weighted by atomic mass is 15.0. The quantitative estimate of drug-likeness (QED) is 0.753. The van der Waals surface area contributed by atoms with Crippen LogP contribution in [0.15, 0.2) is 0 Å². The summed E-state index contributed by atoms with van der Waals surface area (Å²) in [6.07, 6.45) is 13.9. The third-order valence-corrected chi connectivity index (χ3v) is 4.45. The Morgan fingerprint density at radius 1 is 1.00 bits per heavy atom. The highest BCUT2D eigenvalue weighted by Gasteiger charge is 2.29. The highest BCUT2D eigenvalue weighted by molar-refractivity contribution is 4.90. The Balaban J connectivity index is 1.76. The first-order valence-electron chi connectivity index (χ1n) is 7.30. The minimum atomic E-state index is 0.287. The van der Waals surface area contributed by atoms with Gasteiger partial charge in [0.15, 0.2) is 0 Å². The molecule has 0 spiro atoms. The van der Waals surface area contributed by atoms with E-state index in [1.807, 2.05) is 0 Å². The predicted molar refractivity (Wildman–Crippen MR) is 69.4 cm³/mol. The molecule has 0 aromatic rings. The molecule has 0 heterocycles. The second kappa shape index (κ2) is 6.02. The predicted octanol–water partition coefficient (Wildman–Crippen LogP) is 2.82. The number of nitrogens with one attached hydrogen (secondary N) is 1. The van der Waals surface area contributed by atoms with E-state index in [0.717, 1.165) is 12.5 Å². The van der Waals surface area contributed by atoms with Gasteiger partial charge < -0.3 is 11.1 Å². The number of nitrogens with two attached hydrogens (primary N) is 1. The SMILES string of the molecule is NCC1(NCCC2CC2)CCCCCCC1. The topological polar surface area (TPSA) is 38.0 Å². The summed E-state index contributed by atoms with van der Waals surface area (Å²) >= 11 is 0. The Bertz CT molecular complexity index is 191. The second-order valence-electron chi connectivity index (χ2n) is 5.91. The Morgan fingerprint density at radius 2 is 1.62 bits per heavy atom. The molecular weight excluding hydrogens is 196 g/mol. The van der Waals surface area contributed by atoms with Crippen LogP contribution in [0.25, 0.3) is 0 Å². The fourth-order valence-electron chi connectivity index (χ4n) is 2.98. The van der Waals surface area contributed by atoms with Gasteiger partial charge in [-0.25, -0.2) is 0 Å². The molecule has 2 aliphatic rings. The van der Waals surface area contributed by atoms with Crippen LogP contribution in [0.3, 0.4) is 0 Å². The van der Waals surface area contributed by atoms with Gasteiger partial charge in [-0.3, -0.25) is 0 Å². The summed E-state index contributed by atoms with van der Waals surface area (Å²) < 4.78 is 0. The summed E-state index contributed by atoms with van der Waals surface area (Å²) in [7, 11) is 0. The van der Waals surface area contributed by atoms with Gasteiger partial charge in [0, 0.05) is 12.1 Å². The second-order valence-corrected chi connectivity index (χ2v) is 5.91. The van der Waals surface area contributed by atoms with Crippen molar-refractivity contribution < 1.29 is 0 Å². The van der Waals surface area contributed by atoms with Crippen molar-refractivity contribution in [2.45, 2.75) is 69.7 Å². The fraction of sp³-hybridized carbons (Fsp3) is 1.00. The van der Waals surface area contributed by atoms with Crippen LogP contribution in [0.1, 0.15) is 64.2 Å². The van der Waals surface area contributed by atoms with Crippen LogP contribution in [-0.2, 0) is 0 Å². The lowest BCUT2D eigenvalue weighted by Gasteiger charge is -2.35. The summed E-state index contributed by atoms with van der Waals surface area (Å²) in [4.78, 5) is 0. The Kier molecular flexibility index (Phi) is 4.66. The maximum Gasteiger partial charge on any atom is 0.0304 e. The third-order valence-electron chi connectivity index (χ3n) is 4.45. The lowest BCUT2D eigenvalue weighted by Crippen LogP contribution is -2.51. The van der Waals surface area contributed by atoms with Crippen molar-refractivity contribution in [2.24, 2.45) is 11.7 Å². The molecule has 16 heavy (non-hydrogen) atoms. The van der Waals surface area contributed by atoms with E-state index in [1.165, 1.54) is 70.8 Å². The van der Waals surface area contributed by atoms with Gasteiger partial charge >= 0.3 is 0 Å². The molecule has 0 radical (unpaired) electrons. The third kappa shape index (κ3) is 3.74. The van der Waals surface area contributed by atoms with Gasteiger partial charge in [-0.2, -0.15) is 0 Å². The van der Waals surface area contributed by atoms with E-state index in [-0.39, 0.29) is 5.54 Å². The molecule has 3 N–H and O–H groups in total. The van der Waals surface area contributed by atoms with Crippen molar-refractivity contribution in [1.29, 1.82) is 0 Å². The van der Waals surface area contributed by atoms with E-state index in [1.54, 1.807) is 0 Å². The molecule has 0 bridgehead atoms. The number of hydrogen-bond donors (Lipinski definition) is 2. The molecule has 0 saturated heterocycles. The largest absolute Gasteiger partial charge is 0.329 e. The molecule has 0 amide bonds. The smallest absolute Gasteiger partial charge is 0.0304 e. The van der Waals surface area contributed by atoms with Gasteiger partial charge in [-0.1, -0.05) is 44.9 Å². The standard InChI is InChI=1S/C14H28N2/c15-12-14(16-11-8-13-6-7-13)9-4-2-1-3-5-10-14/h13,16H,1-12,15H2. The summed E-state index contributed by atoms with van der Waals surface area (Å²) in [5.41, 5.74) is 6.32. The fourth-order valence-corrected chi connectivity index (χ4v) is 2.98. The van der Waals surface area contributed by atoms with Gasteiger partial charge in [-0.15, -0.1) is 0 Å². The molecule has 2 nitrogen and oxygen atoms in total. The first kappa shape index (κ1) is 12.4. The molecule has 0 aromatic heterocycles. The molecule has 0 unspecified atom stereocenters. The van der Waals surface area contributed by atoms with Crippen LogP contribution < -0.4 is 11.1 Å². The molecule has 0 aliphatic heterocycles. The van der Waals surface area contributed by atoms with E-state index in [0.29, 0.717) is 0 Å². The normalized spacial score (nSPS) is 26.1. The molecule has 2 heteroatoms. The summed E-state index contributed by atoms with van der Waals surface area (Å²) in [5.74, 6) is 1.04. The number of rotatable bonds is 5. The van der Waals surface area contributed by atoms with Gasteiger partial charge in [-0.05, 0) is 31.7 Å². The maximum atomic E-state index is 6.03. The van der Waals surface area contributed by atoms with Crippen LogP contribution in [0.4, 0.5) is 0 Å². The zero-order chi connectivity index (χ0) is 11.3. The van der Waals surface area contributed by atoms with Gasteiger partial charge in [0.2, 0.25) is 0 Å². The molecule has 0 aromatic carbocycles. The monoisotopic (exact) mass is 224 g/mol. The van der Waals surface area contributed by atoms with Crippen LogP contribution in [0.2, 0.25) is 0 Å². The van der Waals surface area contributed by atoms with Gasteiger partial charge in [0.1, 0.15) is 0 Å². The van der Waals surface area contributed by atoms with Crippen molar-refractivity contribution in [1.82, 2.24) is 5.32 Å². The van der Waals surface area contributed by atoms with E-state index < -0.39 is 0 Å². The molecule has 2 fully saturated rings. The van der Waals surface area contributed by atoms with Gasteiger partial charge in [0.05, 0.1) is 0 Å². The van der Waals surface area contributed by atoms with E-state index in [2.05, 4.69) is 5.32 Å². The molecule has 0 atom stereocenters. The lowest BCUT2D eigenvalue weighted by molar-refractivity contribution is 0.254. The van der Waals surface area contributed by atoms with Crippen molar-refractivity contribution in [3.8, 4) is 0 Å². The van der Waals surface area contributed by atoms with Crippen LogP contribution >= 0.6 is 0 Å². The molecule has 2 aliphatic carbocycles. The average molecular weight is 224 g/mol. The molecule has 2 saturated carbocycles. The molecular formula is C14H28N2. The first-order valence-corrected chi connectivity index (χ1v) is 7.30. The Hall–Kier alpha value is -0.0800. The summed E-state index contributed by atoms with van der Waals surface area (Å²) in [6.45, 7) is 2.03. The van der Waals surface area contributed by atoms with Crippen molar-refractivity contribution in [3.63, 3.8) is 0 Å². The maximum absolute atomic E-state index is 6.03. The van der Waals surface area contributed by atoms with Crippen LogP contribution in [0.5, 0.6) is 0 Å². The lowest BCUT2D eigenvalue weighted by atomic mass is 9.84. The zero-order valence-electron chi connectivity index (χ0n) is 10.6. The van der Waals surface area contributed by atoms with Gasteiger partial charge in [0.25, 0.3) is 0 Å². The van der Waals surface area contributed by atoms with E-state index >= 15 is 0 Å². The van der Waals surface area contributed by atoms with Crippen LogP contribution in [0, 0.1) is 5.92 Å². The summed E-state index contributed by atoms with van der Waals surface area (Å²) in [6, 6.07) is 0. The van der Waals surface area contributed by atoms with Crippen molar-refractivity contribution in [3.05, 3.63) is 0 Å². The molecule has 2 rings (SSSR count). The first-order chi connectivity index (χ1) is 7.85. The average Bonchev–Trinajstić information content (AvgIpc) is 3.06. The van der Waals surface area contributed by atoms with E-state index in [9.17, 15) is 0 Å². The minimum Gasteiger partial charge on any atom is -0.329 e. The summed E-state index contributed by atoms with van der Waals surface area (Å²) in [5, 5.41) is 3.80.